The van der Waals surface area contributed by atoms with Crippen LogP contribution in [0, 0.1) is 0 Å². The molecule has 0 spiro atoms. The second-order valence-electron chi connectivity index (χ2n) is 7.54. The summed E-state index contributed by atoms with van der Waals surface area (Å²) in [5.41, 5.74) is 7.23. The minimum absolute atomic E-state index is 0.00243. The summed E-state index contributed by atoms with van der Waals surface area (Å²) >= 11 is 0. The van der Waals surface area contributed by atoms with Crippen LogP contribution in [0.15, 0.2) is 89.9 Å². The van der Waals surface area contributed by atoms with Gasteiger partial charge in [-0.25, -0.2) is 0 Å². The van der Waals surface area contributed by atoms with Crippen LogP contribution in [0.1, 0.15) is 34.6 Å². The molecule has 0 unspecified atom stereocenters. The standard InChI is InChI=1S/C25H23N/c1-3-9-19(10-4-1)17-25-22-14-8-7-13-21(22)15-16-24(25)26-18-23(25)20-11-5-2-6-12-20/h1-14,23H,15-18H2/t23-,25-/m1/s1. The molecule has 1 heterocycles. The molecule has 5 rings (SSSR count). The lowest BCUT2D eigenvalue weighted by Crippen LogP contribution is -2.44. The number of rotatable bonds is 3. The van der Waals surface area contributed by atoms with Crippen molar-refractivity contribution in [3.05, 3.63) is 107 Å². The number of fused-ring (bicyclic) bond motifs is 3. The summed E-state index contributed by atoms with van der Waals surface area (Å²) in [5.74, 6) is 0.417. The third-order valence-corrected chi connectivity index (χ3v) is 6.23. The van der Waals surface area contributed by atoms with Crippen LogP contribution < -0.4 is 0 Å². The smallest absolute Gasteiger partial charge is 0.0470 e. The summed E-state index contributed by atoms with van der Waals surface area (Å²) in [7, 11) is 0. The Hall–Kier alpha value is -2.67. The molecule has 0 radical (unpaired) electrons. The highest BCUT2D eigenvalue weighted by molar-refractivity contribution is 6.00. The lowest BCUT2D eigenvalue weighted by Gasteiger charge is -2.42. The van der Waals surface area contributed by atoms with Crippen LogP contribution >= 0.6 is 0 Å². The minimum atomic E-state index is -0.00243. The van der Waals surface area contributed by atoms with Gasteiger partial charge in [0, 0.05) is 23.6 Å². The van der Waals surface area contributed by atoms with Gasteiger partial charge in [0.05, 0.1) is 0 Å². The van der Waals surface area contributed by atoms with Gasteiger partial charge in [0.15, 0.2) is 0 Å². The Kier molecular flexibility index (Phi) is 3.74. The SMILES string of the molecule is c1ccc(C[C@]23C(=NC[C@@H]2c2ccccc2)CCc2ccccc23)cc1. The van der Waals surface area contributed by atoms with E-state index in [0.29, 0.717) is 5.92 Å². The lowest BCUT2D eigenvalue weighted by atomic mass is 9.59. The Bertz CT molecular complexity index is 942. The Labute approximate surface area is 155 Å². The molecule has 128 valence electrons. The molecule has 1 aliphatic heterocycles. The van der Waals surface area contributed by atoms with Crippen molar-refractivity contribution < 1.29 is 0 Å². The number of aryl methyl sites for hydroxylation is 1. The van der Waals surface area contributed by atoms with E-state index in [1.165, 1.54) is 28.0 Å². The fraction of sp³-hybridized carbons (Fsp3) is 0.240. The van der Waals surface area contributed by atoms with E-state index in [0.717, 1.165) is 25.8 Å². The molecule has 26 heavy (non-hydrogen) atoms. The summed E-state index contributed by atoms with van der Waals surface area (Å²) in [4.78, 5) is 5.10. The van der Waals surface area contributed by atoms with Gasteiger partial charge in [-0.05, 0) is 41.5 Å². The zero-order valence-corrected chi connectivity index (χ0v) is 14.9. The number of hydrogen-bond acceptors (Lipinski definition) is 1. The topological polar surface area (TPSA) is 12.4 Å². The van der Waals surface area contributed by atoms with E-state index < -0.39 is 0 Å². The van der Waals surface area contributed by atoms with E-state index in [1.54, 1.807) is 0 Å². The van der Waals surface area contributed by atoms with E-state index in [9.17, 15) is 0 Å². The lowest BCUT2D eigenvalue weighted by molar-refractivity contribution is 0.470. The number of aliphatic imine (C=N–C) groups is 1. The minimum Gasteiger partial charge on any atom is -0.292 e. The summed E-state index contributed by atoms with van der Waals surface area (Å²) in [6, 6.07) is 31.0. The van der Waals surface area contributed by atoms with Crippen LogP contribution in [0.4, 0.5) is 0 Å². The normalized spacial score (nSPS) is 23.8. The van der Waals surface area contributed by atoms with Crippen molar-refractivity contribution in [2.45, 2.75) is 30.6 Å². The van der Waals surface area contributed by atoms with Crippen LogP contribution in [-0.2, 0) is 18.3 Å². The molecule has 0 saturated carbocycles. The van der Waals surface area contributed by atoms with E-state index in [-0.39, 0.29) is 5.41 Å². The highest BCUT2D eigenvalue weighted by atomic mass is 14.8. The Morgan fingerprint density at radius 3 is 2.27 bits per heavy atom. The van der Waals surface area contributed by atoms with Crippen LogP contribution in [0.5, 0.6) is 0 Å². The van der Waals surface area contributed by atoms with Gasteiger partial charge in [0.2, 0.25) is 0 Å². The van der Waals surface area contributed by atoms with Crippen LogP contribution in [-0.4, -0.2) is 12.3 Å². The summed E-state index contributed by atoms with van der Waals surface area (Å²) in [5, 5.41) is 0. The van der Waals surface area contributed by atoms with Gasteiger partial charge < -0.3 is 0 Å². The van der Waals surface area contributed by atoms with Gasteiger partial charge in [-0.1, -0.05) is 84.9 Å². The van der Waals surface area contributed by atoms with Crippen molar-refractivity contribution >= 4 is 5.71 Å². The third-order valence-electron chi connectivity index (χ3n) is 6.23. The monoisotopic (exact) mass is 337 g/mol. The van der Waals surface area contributed by atoms with Gasteiger partial charge in [-0.15, -0.1) is 0 Å². The molecule has 0 saturated heterocycles. The third kappa shape index (κ3) is 2.34. The highest BCUT2D eigenvalue weighted by Gasteiger charge is 2.51. The maximum Gasteiger partial charge on any atom is 0.0470 e. The van der Waals surface area contributed by atoms with E-state index in [1.807, 2.05) is 0 Å². The molecule has 1 heteroatoms. The Balaban J connectivity index is 1.72. The summed E-state index contributed by atoms with van der Waals surface area (Å²) < 4.78 is 0. The average molecular weight is 337 g/mol. The van der Waals surface area contributed by atoms with Crippen molar-refractivity contribution in [2.75, 3.05) is 6.54 Å². The summed E-state index contributed by atoms with van der Waals surface area (Å²) in [6.45, 7) is 0.903. The van der Waals surface area contributed by atoms with Crippen molar-refractivity contribution in [3.8, 4) is 0 Å². The largest absolute Gasteiger partial charge is 0.292 e. The molecule has 3 aromatic carbocycles. The average Bonchev–Trinajstić information content (AvgIpc) is 3.09. The van der Waals surface area contributed by atoms with Crippen LogP contribution in [0.25, 0.3) is 0 Å². The molecular weight excluding hydrogens is 314 g/mol. The van der Waals surface area contributed by atoms with E-state index in [2.05, 4.69) is 84.9 Å². The molecular formula is C25H23N. The van der Waals surface area contributed by atoms with Crippen LogP contribution in [0.2, 0.25) is 0 Å². The maximum absolute atomic E-state index is 5.10. The zero-order chi connectivity index (χ0) is 17.4. The van der Waals surface area contributed by atoms with Gasteiger partial charge in [0.1, 0.15) is 0 Å². The second-order valence-corrected chi connectivity index (χ2v) is 7.54. The van der Waals surface area contributed by atoms with Gasteiger partial charge >= 0.3 is 0 Å². The fourth-order valence-corrected chi connectivity index (χ4v) is 5.08. The van der Waals surface area contributed by atoms with E-state index in [4.69, 9.17) is 4.99 Å². The molecule has 2 atom stereocenters. The first-order valence-electron chi connectivity index (χ1n) is 9.59. The first-order chi connectivity index (χ1) is 12.9. The molecule has 0 bridgehead atoms. The molecule has 2 aliphatic rings. The molecule has 0 aromatic heterocycles. The summed E-state index contributed by atoms with van der Waals surface area (Å²) in [6.07, 6.45) is 3.24. The molecule has 3 aromatic rings. The van der Waals surface area contributed by atoms with Crippen molar-refractivity contribution in [1.29, 1.82) is 0 Å². The number of benzene rings is 3. The molecule has 0 fully saturated rings. The first kappa shape index (κ1) is 15.6. The highest BCUT2D eigenvalue weighted by Crippen LogP contribution is 2.51. The quantitative estimate of drug-likeness (QED) is 0.611. The molecule has 1 aliphatic carbocycles. The number of hydrogen-bond donors (Lipinski definition) is 0. The van der Waals surface area contributed by atoms with Gasteiger partial charge in [-0.2, -0.15) is 0 Å². The predicted molar refractivity (Wildman–Crippen MR) is 108 cm³/mol. The fourth-order valence-electron chi connectivity index (χ4n) is 5.08. The molecule has 0 N–H and O–H groups in total. The van der Waals surface area contributed by atoms with Crippen molar-refractivity contribution in [3.63, 3.8) is 0 Å². The Morgan fingerprint density at radius 1 is 0.769 bits per heavy atom. The van der Waals surface area contributed by atoms with Crippen LogP contribution in [0.3, 0.4) is 0 Å². The van der Waals surface area contributed by atoms with Gasteiger partial charge in [0.25, 0.3) is 0 Å². The Morgan fingerprint density at radius 2 is 1.46 bits per heavy atom. The van der Waals surface area contributed by atoms with E-state index >= 15 is 0 Å². The molecule has 1 nitrogen and oxygen atoms in total. The van der Waals surface area contributed by atoms with Gasteiger partial charge in [-0.3, -0.25) is 4.99 Å². The first-order valence-corrected chi connectivity index (χ1v) is 9.59. The van der Waals surface area contributed by atoms with Crippen molar-refractivity contribution in [1.82, 2.24) is 0 Å². The maximum atomic E-state index is 5.10. The predicted octanol–water partition coefficient (Wildman–Crippen LogP) is 5.35. The molecule has 0 amide bonds. The zero-order valence-electron chi connectivity index (χ0n) is 14.9. The van der Waals surface area contributed by atoms with Crippen molar-refractivity contribution in [2.24, 2.45) is 4.99 Å². The number of nitrogens with zero attached hydrogens (tertiary/aromatic N) is 1. The second kappa shape index (κ2) is 6.25.